The van der Waals surface area contributed by atoms with E-state index in [-0.39, 0.29) is 0 Å². The Bertz CT molecular complexity index is 416. The number of aryl methyl sites for hydroxylation is 1. The Hall–Kier alpha value is -1.57. The molecule has 1 heterocycles. The Balaban J connectivity index is 2.52. The molecule has 1 radical (unpaired) electrons. The van der Waals surface area contributed by atoms with Crippen molar-refractivity contribution in [3.05, 3.63) is 49.0 Å². The number of hydrogen-bond acceptors (Lipinski definition) is 1. The van der Waals surface area contributed by atoms with Crippen LogP contribution in [0.2, 0.25) is 0 Å². The van der Waals surface area contributed by atoms with Crippen LogP contribution in [0.1, 0.15) is 5.56 Å². The van der Waals surface area contributed by atoms with E-state index in [9.17, 15) is 0 Å². The predicted octanol–water partition coefficient (Wildman–Crippen LogP) is 2.27. The Morgan fingerprint density at radius 3 is 2.62 bits per heavy atom. The highest BCUT2D eigenvalue weighted by molar-refractivity contribution is 5.63. The van der Waals surface area contributed by atoms with Crippen LogP contribution in [0.5, 0.6) is 0 Å². The molecule has 0 aliphatic heterocycles. The van der Waals surface area contributed by atoms with E-state index in [1.165, 1.54) is 0 Å². The highest BCUT2D eigenvalue weighted by atomic mass is 15.2. The quantitative estimate of drug-likeness (QED) is 0.643. The van der Waals surface area contributed by atoms with Gasteiger partial charge in [0.05, 0.1) is 5.69 Å². The van der Waals surface area contributed by atoms with Crippen LogP contribution in [0.4, 0.5) is 0 Å². The van der Waals surface area contributed by atoms with Gasteiger partial charge in [-0.2, -0.15) is 5.10 Å². The molecule has 0 N–H and O–H groups in total. The van der Waals surface area contributed by atoms with Crippen LogP contribution in [0.15, 0.2) is 36.5 Å². The van der Waals surface area contributed by atoms with Crippen LogP contribution >= 0.6 is 0 Å². The van der Waals surface area contributed by atoms with Crippen molar-refractivity contribution in [2.45, 2.75) is 0 Å². The van der Waals surface area contributed by atoms with Gasteiger partial charge in [-0.25, -0.2) is 0 Å². The molecule has 0 saturated carbocycles. The van der Waals surface area contributed by atoms with Crippen molar-refractivity contribution in [1.82, 2.24) is 9.78 Å². The summed E-state index contributed by atoms with van der Waals surface area (Å²) >= 11 is 0. The standard InChI is InChI=1S/C11H11N2/c1-9-5-3-4-6-10(9)11-7-8-13(2)12-11/h3-8H,1H2,2H3. The summed E-state index contributed by atoms with van der Waals surface area (Å²) in [6.07, 6.45) is 1.93. The molecular weight excluding hydrogens is 160 g/mol. The highest BCUT2D eigenvalue weighted by Crippen LogP contribution is 2.20. The van der Waals surface area contributed by atoms with E-state index < -0.39 is 0 Å². The summed E-state index contributed by atoms with van der Waals surface area (Å²) in [5.74, 6) is 0. The fraction of sp³-hybridized carbons (Fsp3) is 0.0909. The van der Waals surface area contributed by atoms with Crippen molar-refractivity contribution >= 4 is 0 Å². The van der Waals surface area contributed by atoms with Gasteiger partial charge in [-0.1, -0.05) is 24.3 Å². The third-order valence-corrected chi connectivity index (χ3v) is 2.01. The average molecular weight is 171 g/mol. The first kappa shape index (κ1) is 8.05. The van der Waals surface area contributed by atoms with E-state index >= 15 is 0 Å². The fourth-order valence-corrected chi connectivity index (χ4v) is 1.33. The molecule has 13 heavy (non-hydrogen) atoms. The van der Waals surface area contributed by atoms with E-state index in [0.717, 1.165) is 16.8 Å². The molecule has 0 bridgehead atoms. The number of nitrogens with zero attached hydrogens (tertiary/aromatic N) is 2. The van der Waals surface area contributed by atoms with Gasteiger partial charge < -0.3 is 0 Å². The lowest BCUT2D eigenvalue weighted by Crippen LogP contribution is -1.88. The maximum Gasteiger partial charge on any atom is 0.0925 e. The van der Waals surface area contributed by atoms with Crippen molar-refractivity contribution in [2.75, 3.05) is 0 Å². The van der Waals surface area contributed by atoms with Gasteiger partial charge in [-0.3, -0.25) is 4.68 Å². The predicted molar refractivity (Wildman–Crippen MR) is 53.1 cm³/mol. The molecule has 1 aromatic heterocycles. The van der Waals surface area contributed by atoms with Crippen LogP contribution < -0.4 is 0 Å². The number of benzene rings is 1. The van der Waals surface area contributed by atoms with Crippen molar-refractivity contribution in [3.8, 4) is 11.3 Å². The van der Waals surface area contributed by atoms with Gasteiger partial charge in [-0.05, 0) is 18.6 Å². The molecule has 0 saturated heterocycles. The molecule has 2 aromatic rings. The zero-order chi connectivity index (χ0) is 9.26. The van der Waals surface area contributed by atoms with Crippen LogP contribution in [-0.2, 0) is 7.05 Å². The number of rotatable bonds is 1. The van der Waals surface area contributed by atoms with E-state index in [1.807, 2.05) is 43.6 Å². The van der Waals surface area contributed by atoms with Crippen LogP contribution in [-0.4, -0.2) is 9.78 Å². The van der Waals surface area contributed by atoms with Crippen molar-refractivity contribution in [3.63, 3.8) is 0 Å². The maximum absolute atomic E-state index is 4.32. The Labute approximate surface area is 77.8 Å². The molecule has 0 unspecified atom stereocenters. The first-order chi connectivity index (χ1) is 6.27. The third kappa shape index (κ3) is 1.47. The smallest absolute Gasteiger partial charge is 0.0925 e. The lowest BCUT2D eigenvalue weighted by atomic mass is 10.1. The van der Waals surface area contributed by atoms with Gasteiger partial charge in [0.2, 0.25) is 0 Å². The Morgan fingerprint density at radius 2 is 2.00 bits per heavy atom. The van der Waals surface area contributed by atoms with Gasteiger partial charge in [0.1, 0.15) is 0 Å². The second-order valence-electron chi connectivity index (χ2n) is 3.03. The molecule has 0 aliphatic rings. The molecule has 2 heteroatoms. The molecule has 0 fully saturated rings. The molecule has 0 amide bonds. The molecule has 0 atom stereocenters. The summed E-state index contributed by atoms with van der Waals surface area (Å²) in [7, 11) is 1.91. The van der Waals surface area contributed by atoms with Gasteiger partial charge in [0.25, 0.3) is 0 Å². The number of aromatic nitrogens is 2. The van der Waals surface area contributed by atoms with Gasteiger partial charge in [0, 0.05) is 18.8 Å². The Morgan fingerprint density at radius 1 is 1.23 bits per heavy atom. The molecule has 0 aliphatic carbocycles. The summed E-state index contributed by atoms with van der Waals surface area (Å²) in [6.45, 7) is 3.96. The lowest BCUT2D eigenvalue weighted by Gasteiger charge is -2.00. The summed E-state index contributed by atoms with van der Waals surface area (Å²) < 4.78 is 1.79. The van der Waals surface area contributed by atoms with Crippen LogP contribution in [0.25, 0.3) is 11.3 Å². The highest BCUT2D eigenvalue weighted by Gasteiger charge is 2.02. The van der Waals surface area contributed by atoms with E-state index in [0.29, 0.717) is 0 Å². The number of hydrogen-bond donors (Lipinski definition) is 0. The first-order valence-corrected chi connectivity index (χ1v) is 4.18. The van der Waals surface area contributed by atoms with Crippen LogP contribution in [0.3, 0.4) is 0 Å². The minimum Gasteiger partial charge on any atom is -0.275 e. The molecule has 2 nitrogen and oxygen atoms in total. The van der Waals surface area contributed by atoms with E-state index in [4.69, 9.17) is 0 Å². The SMILES string of the molecule is [CH2]c1ccccc1-c1ccn(C)n1. The molecular formula is C11H11N2. The maximum atomic E-state index is 4.32. The van der Waals surface area contributed by atoms with Crippen molar-refractivity contribution in [1.29, 1.82) is 0 Å². The zero-order valence-electron chi connectivity index (χ0n) is 7.57. The Kier molecular flexibility index (Phi) is 1.89. The second kappa shape index (κ2) is 3.05. The average Bonchev–Trinajstić information content (AvgIpc) is 2.53. The van der Waals surface area contributed by atoms with Crippen LogP contribution in [0, 0.1) is 6.92 Å². The van der Waals surface area contributed by atoms with E-state index in [2.05, 4.69) is 12.0 Å². The van der Waals surface area contributed by atoms with E-state index in [1.54, 1.807) is 4.68 Å². The summed E-state index contributed by atoms with van der Waals surface area (Å²) in [5, 5.41) is 4.32. The minimum absolute atomic E-state index is 0.980. The summed E-state index contributed by atoms with van der Waals surface area (Å²) in [4.78, 5) is 0. The monoisotopic (exact) mass is 171 g/mol. The van der Waals surface area contributed by atoms with Crippen molar-refractivity contribution in [2.24, 2.45) is 7.05 Å². The zero-order valence-corrected chi connectivity index (χ0v) is 7.57. The minimum atomic E-state index is 0.980. The molecule has 0 spiro atoms. The van der Waals surface area contributed by atoms with Gasteiger partial charge in [-0.15, -0.1) is 0 Å². The first-order valence-electron chi connectivity index (χ1n) is 4.18. The summed E-state index contributed by atoms with van der Waals surface area (Å²) in [5.41, 5.74) is 3.09. The molecule has 2 rings (SSSR count). The topological polar surface area (TPSA) is 17.8 Å². The normalized spacial score (nSPS) is 10.3. The second-order valence-corrected chi connectivity index (χ2v) is 3.03. The van der Waals surface area contributed by atoms with Gasteiger partial charge >= 0.3 is 0 Å². The van der Waals surface area contributed by atoms with Gasteiger partial charge in [0.15, 0.2) is 0 Å². The fourth-order valence-electron chi connectivity index (χ4n) is 1.33. The summed E-state index contributed by atoms with van der Waals surface area (Å²) in [6, 6.07) is 9.99. The van der Waals surface area contributed by atoms with Crippen molar-refractivity contribution < 1.29 is 0 Å². The molecule has 1 aromatic carbocycles. The molecule has 65 valence electrons. The lowest BCUT2D eigenvalue weighted by molar-refractivity contribution is 0.771. The third-order valence-electron chi connectivity index (χ3n) is 2.01. The largest absolute Gasteiger partial charge is 0.275 e.